The van der Waals surface area contributed by atoms with Crippen LogP contribution in [0.5, 0.6) is 0 Å². The molecular formula is C12H16N2O2. The number of fused-ring (bicyclic) bond motifs is 5. The van der Waals surface area contributed by atoms with Crippen LogP contribution in [0.1, 0.15) is 36.4 Å². The van der Waals surface area contributed by atoms with Gasteiger partial charge in [0.15, 0.2) is 0 Å². The van der Waals surface area contributed by atoms with Crippen LogP contribution in [0.4, 0.5) is 0 Å². The van der Waals surface area contributed by atoms with Crippen LogP contribution in [0.3, 0.4) is 0 Å². The van der Waals surface area contributed by atoms with Gasteiger partial charge in [0, 0.05) is 23.1 Å². The summed E-state index contributed by atoms with van der Waals surface area (Å²) in [5.74, 6) is 0.501. The molecule has 1 aliphatic carbocycles. The quantitative estimate of drug-likeness (QED) is 0.764. The van der Waals surface area contributed by atoms with Crippen LogP contribution in [-0.2, 0) is 6.42 Å². The van der Waals surface area contributed by atoms with Crippen LogP contribution in [0, 0.1) is 0 Å². The highest BCUT2D eigenvalue weighted by Crippen LogP contribution is 2.53. The molecule has 16 heavy (non-hydrogen) atoms. The summed E-state index contributed by atoms with van der Waals surface area (Å²) in [7, 11) is 0. The van der Waals surface area contributed by atoms with Crippen molar-refractivity contribution in [3.8, 4) is 0 Å². The molecule has 3 atom stereocenters. The Labute approximate surface area is 94.2 Å². The molecule has 3 aliphatic rings. The van der Waals surface area contributed by atoms with E-state index in [9.17, 15) is 5.11 Å². The Morgan fingerprint density at radius 1 is 1.62 bits per heavy atom. The molecule has 1 aromatic rings. The Morgan fingerprint density at radius 2 is 2.56 bits per heavy atom. The second-order valence-electron chi connectivity index (χ2n) is 5.49. The van der Waals surface area contributed by atoms with E-state index in [1.807, 2.05) is 0 Å². The number of rotatable bonds is 1. The van der Waals surface area contributed by atoms with E-state index >= 15 is 0 Å². The summed E-state index contributed by atoms with van der Waals surface area (Å²) in [5, 5.41) is 13.8. The lowest BCUT2D eigenvalue weighted by Crippen LogP contribution is -2.45. The summed E-state index contributed by atoms with van der Waals surface area (Å²) in [6, 6.07) is 0.573. The molecule has 86 valence electrons. The third-order valence-electron chi connectivity index (χ3n) is 4.86. The van der Waals surface area contributed by atoms with Crippen LogP contribution in [0.15, 0.2) is 10.8 Å². The van der Waals surface area contributed by atoms with Gasteiger partial charge in [-0.15, -0.1) is 0 Å². The number of aromatic nitrogens is 1. The number of aliphatic hydroxyl groups is 1. The Balaban J connectivity index is 1.75. The lowest BCUT2D eigenvalue weighted by atomic mass is 9.89. The van der Waals surface area contributed by atoms with Gasteiger partial charge in [-0.05, 0) is 32.2 Å². The summed E-state index contributed by atoms with van der Waals surface area (Å²) in [6.45, 7) is 1.44. The van der Waals surface area contributed by atoms with E-state index in [1.54, 1.807) is 6.26 Å². The van der Waals surface area contributed by atoms with Gasteiger partial charge >= 0.3 is 0 Å². The summed E-state index contributed by atoms with van der Waals surface area (Å²) in [4.78, 5) is 2.54. The maximum atomic E-state index is 9.70. The standard InChI is InChI=1S/C12H16N2O2/c15-7-12-2-1-3-14(12)10-4-8-6-16-13-11(8)9(10)5-12/h6,9-10,15H,1-5,7H2. The molecule has 0 saturated carbocycles. The Morgan fingerprint density at radius 3 is 3.44 bits per heavy atom. The fourth-order valence-corrected chi connectivity index (χ4v) is 4.17. The third kappa shape index (κ3) is 0.908. The third-order valence-corrected chi connectivity index (χ3v) is 4.86. The Kier molecular flexibility index (Phi) is 1.65. The van der Waals surface area contributed by atoms with Crippen molar-refractivity contribution in [1.82, 2.24) is 10.1 Å². The van der Waals surface area contributed by atoms with Crippen LogP contribution in [0.25, 0.3) is 0 Å². The van der Waals surface area contributed by atoms with Gasteiger partial charge in [-0.2, -0.15) is 0 Å². The van der Waals surface area contributed by atoms with Gasteiger partial charge in [-0.1, -0.05) is 5.16 Å². The summed E-state index contributed by atoms with van der Waals surface area (Å²) >= 11 is 0. The topological polar surface area (TPSA) is 49.5 Å². The van der Waals surface area contributed by atoms with Crippen molar-refractivity contribution in [2.45, 2.75) is 43.2 Å². The molecule has 4 nitrogen and oxygen atoms in total. The molecule has 1 aromatic heterocycles. The lowest BCUT2D eigenvalue weighted by Gasteiger charge is -2.32. The first-order valence-corrected chi connectivity index (χ1v) is 6.15. The zero-order chi connectivity index (χ0) is 10.8. The molecule has 4 rings (SSSR count). The molecule has 2 aliphatic heterocycles. The lowest BCUT2D eigenvalue weighted by molar-refractivity contribution is 0.0780. The summed E-state index contributed by atoms with van der Waals surface area (Å²) in [5.41, 5.74) is 2.51. The van der Waals surface area contributed by atoms with E-state index in [2.05, 4.69) is 10.1 Å². The number of hydrogen-bond donors (Lipinski definition) is 1. The van der Waals surface area contributed by atoms with Gasteiger partial charge in [0.05, 0.1) is 12.3 Å². The first-order valence-electron chi connectivity index (χ1n) is 6.15. The molecule has 2 fully saturated rings. The van der Waals surface area contributed by atoms with E-state index in [-0.39, 0.29) is 5.54 Å². The Hall–Kier alpha value is -0.870. The maximum Gasteiger partial charge on any atom is 0.127 e. The van der Waals surface area contributed by atoms with Crippen molar-refractivity contribution in [1.29, 1.82) is 0 Å². The number of aliphatic hydroxyl groups excluding tert-OH is 1. The number of nitrogens with zero attached hydrogens (tertiary/aromatic N) is 2. The van der Waals surface area contributed by atoms with Crippen molar-refractivity contribution < 1.29 is 9.63 Å². The van der Waals surface area contributed by atoms with E-state index in [1.165, 1.54) is 12.0 Å². The fraction of sp³-hybridized carbons (Fsp3) is 0.750. The predicted molar refractivity (Wildman–Crippen MR) is 57.1 cm³/mol. The molecular weight excluding hydrogens is 204 g/mol. The fourth-order valence-electron chi connectivity index (χ4n) is 4.17. The second-order valence-corrected chi connectivity index (χ2v) is 5.49. The second kappa shape index (κ2) is 2.87. The smallest absolute Gasteiger partial charge is 0.127 e. The monoisotopic (exact) mass is 220 g/mol. The van der Waals surface area contributed by atoms with Gasteiger partial charge in [-0.25, -0.2) is 0 Å². The zero-order valence-corrected chi connectivity index (χ0v) is 9.22. The Bertz CT molecular complexity index is 430. The van der Waals surface area contributed by atoms with Crippen molar-refractivity contribution in [2.24, 2.45) is 0 Å². The van der Waals surface area contributed by atoms with Gasteiger partial charge in [0.25, 0.3) is 0 Å². The van der Waals surface area contributed by atoms with Crippen LogP contribution >= 0.6 is 0 Å². The van der Waals surface area contributed by atoms with Crippen molar-refractivity contribution in [3.05, 3.63) is 17.5 Å². The molecule has 0 radical (unpaired) electrons. The normalized spacial score (nSPS) is 41.1. The van der Waals surface area contributed by atoms with E-state index in [0.717, 1.165) is 31.5 Å². The van der Waals surface area contributed by atoms with Gasteiger partial charge < -0.3 is 9.63 Å². The average molecular weight is 220 g/mol. The van der Waals surface area contributed by atoms with Gasteiger partial charge in [0.1, 0.15) is 6.26 Å². The minimum absolute atomic E-state index is 0.0615. The SMILES string of the molecule is OCC12CCCN1C1Cc3conc3C1C2. The molecule has 1 N–H and O–H groups in total. The molecule has 0 amide bonds. The molecule has 0 bridgehead atoms. The molecule has 2 saturated heterocycles. The highest BCUT2D eigenvalue weighted by atomic mass is 16.5. The molecule has 3 heterocycles. The first-order chi connectivity index (χ1) is 7.84. The highest BCUT2D eigenvalue weighted by Gasteiger charge is 2.57. The molecule has 4 heteroatoms. The van der Waals surface area contributed by atoms with Crippen LogP contribution in [0.2, 0.25) is 0 Å². The van der Waals surface area contributed by atoms with Gasteiger partial charge in [-0.3, -0.25) is 4.90 Å². The summed E-state index contributed by atoms with van der Waals surface area (Å²) < 4.78 is 5.05. The minimum atomic E-state index is 0.0615. The molecule has 3 unspecified atom stereocenters. The average Bonchev–Trinajstić information content (AvgIpc) is 2.95. The molecule has 0 aromatic carbocycles. The van der Waals surface area contributed by atoms with Crippen LogP contribution in [-0.4, -0.2) is 39.9 Å². The largest absolute Gasteiger partial charge is 0.394 e. The van der Waals surface area contributed by atoms with E-state index in [4.69, 9.17) is 4.52 Å². The van der Waals surface area contributed by atoms with Crippen LogP contribution < -0.4 is 0 Å². The highest BCUT2D eigenvalue weighted by molar-refractivity contribution is 5.34. The minimum Gasteiger partial charge on any atom is -0.394 e. The van der Waals surface area contributed by atoms with Crippen molar-refractivity contribution >= 4 is 0 Å². The van der Waals surface area contributed by atoms with E-state index in [0.29, 0.717) is 18.6 Å². The zero-order valence-electron chi connectivity index (χ0n) is 9.22. The van der Waals surface area contributed by atoms with E-state index < -0.39 is 0 Å². The summed E-state index contributed by atoms with van der Waals surface area (Å²) in [6.07, 6.45) is 6.29. The van der Waals surface area contributed by atoms with Crippen molar-refractivity contribution in [2.75, 3.05) is 13.2 Å². The maximum absolute atomic E-state index is 9.70. The van der Waals surface area contributed by atoms with Crippen molar-refractivity contribution in [3.63, 3.8) is 0 Å². The number of hydrogen-bond acceptors (Lipinski definition) is 4. The predicted octanol–water partition coefficient (Wildman–Crippen LogP) is 0.913. The van der Waals surface area contributed by atoms with Gasteiger partial charge in [0.2, 0.25) is 0 Å². The molecule has 0 spiro atoms. The first kappa shape index (κ1) is 9.19.